The number of rotatable bonds is 1. The maximum atomic E-state index is 8.89. The van der Waals surface area contributed by atoms with Gasteiger partial charge in [-0.1, -0.05) is 0 Å². The first-order valence-electron chi connectivity index (χ1n) is 3.04. The summed E-state index contributed by atoms with van der Waals surface area (Å²) in [5.41, 5.74) is 4.78. The summed E-state index contributed by atoms with van der Waals surface area (Å²) in [5, 5.41) is 25.5. The topological polar surface area (TPSA) is 127 Å². The first-order chi connectivity index (χ1) is 5.38. The van der Waals surface area contributed by atoms with Crippen LogP contribution in [0.2, 0.25) is 0 Å². The molecule has 0 fully saturated rings. The first kappa shape index (κ1) is 22.8. The number of carbonyl (C=O) groups excluding carboxylic acids is 2. The van der Waals surface area contributed by atoms with Crippen LogP contribution >= 0.6 is 0 Å². The zero-order chi connectivity index (χ0) is 10.6. The van der Waals surface area contributed by atoms with Crippen LogP contribution in [0.4, 0.5) is 0 Å². The summed E-state index contributed by atoms with van der Waals surface area (Å²) in [7, 11) is 0. The molecule has 0 aliphatic heterocycles. The molecule has 0 rings (SSSR count). The Balaban J connectivity index is -0.0000000450. The minimum absolute atomic E-state index is 0. The molecule has 0 atom stereocenters. The Labute approximate surface area is 87.2 Å². The molecule has 0 aromatic carbocycles. The standard InChI is InChI=1S/C2H7NO.2C2H4O2.Cu/c3-1-2-4;2*1-2(3)4;/h4H,1-3H2;2*1H3,(H,3,4);/q;;;+2/p-2. The van der Waals surface area contributed by atoms with E-state index in [4.69, 9.17) is 30.6 Å². The summed E-state index contributed by atoms with van der Waals surface area (Å²) >= 11 is 0. The summed E-state index contributed by atoms with van der Waals surface area (Å²) < 4.78 is 0. The Hall–Kier alpha value is -0.621. The molecule has 0 heterocycles. The predicted octanol–water partition coefficient (Wildman–Crippen LogP) is -3.55. The van der Waals surface area contributed by atoms with Gasteiger partial charge in [0.25, 0.3) is 0 Å². The number of carbonyl (C=O) groups is 2. The molecule has 0 saturated heterocycles. The van der Waals surface area contributed by atoms with E-state index in [0.29, 0.717) is 6.54 Å². The van der Waals surface area contributed by atoms with Gasteiger partial charge in [0.1, 0.15) is 0 Å². The molecule has 83 valence electrons. The zero-order valence-corrected chi connectivity index (χ0v) is 8.31. The Kier molecular flexibility index (Phi) is 39.5. The third-order valence-electron chi connectivity index (χ3n) is 0.129. The van der Waals surface area contributed by atoms with Gasteiger partial charge in [-0.15, -0.1) is 0 Å². The number of aliphatic hydroxyl groups is 1. The predicted molar refractivity (Wildman–Crippen MR) is 37.5 cm³/mol. The van der Waals surface area contributed by atoms with Gasteiger partial charge in [-0.25, -0.2) is 0 Å². The van der Waals surface area contributed by atoms with Crippen LogP contribution in [-0.4, -0.2) is 30.2 Å². The molecule has 6 nitrogen and oxygen atoms in total. The van der Waals surface area contributed by atoms with Crippen molar-refractivity contribution in [3.63, 3.8) is 0 Å². The Morgan fingerprint density at radius 2 is 1.31 bits per heavy atom. The van der Waals surface area contributed by atoms with Gasteiger partial charge in [-0.3, -0.25) is 0 Å². The van der Waals surface area contributed by atoms with E-state index in [1.807, 2.05) is 0 Å². The van der Waals surface area contributed by atoms with Crippen LogP contribution in [0.5, 0.6) is 0 Å². The third-order valence-corrected chi connectivity index (χ3v) is 0.129. The van der Waals surface area contributed by atoms with E-state index >= 15 is 0 Å². The summed E-state index contributed by atoms with van der Waals surface area (Å²) in [6, 6.07) is 0. The van der Waals surface area contributed by atoms with E-state index in [-0.39, 0.29) is 23.7 Å². The molecule has 0 aromatic heterocycles. The van der Waals surface area contributed by atoms with Crippen LogP contribution in [0.3, 0.4) is 0 Å². The van der Waals surface area contributed by atoms with Crippen LogP contribution in [0.1, 0.15) is 13.8 Å². The number of hydrogen-bond acceptors (Lipinski definition) is 6. The molecule has 0 saturated carbocycles. The number of carboxylic acids is 2. The largest absolute Gasteiger partial charge is 2.00 e. The van der Waals surface area contributed by atoms with Crippen LogP contribution in [-0.2, 0) is 26.7 Å². The molecule has 0 amide bonds. The third kappa shape index (κ3) is 6950. The van der Waals surface area contributed by atoms with Crippen molar-refractivity contribution in [1.82, 2.24) is 0 Å². The fraction of sp³-hybridized carbons (Fsp3) is 0.667. The van der Waals surface area contributed by atoms with Gasteiger partial charge in [-0.05, 0) is 13.8 Å². The Morgan fingerprint density at radius 3 is 1.31 bits per heavy atom. The van der Waals surface area contributed by atoms with Gasteiger partial charge in [0.2, 0.25) is 0 Å². The van der Waals surface area contributed by atoms with Crippen molar-refractivity contribution in [2.75, 3.05) is 13.2 Å². The van der Waals surface area contributed by atoms with Crippen molar-refractivity contribution < 1.29 is 42.0 Å². The van der Waals surface area contributed by atoms with Crippen molar-refractivity contribution in [2.45, 2.75) is 13.8 Å². The molecule has 7 heteroatoms. The van der Waals surface area contributed by atoms with Gasteiger partial charge in [0.05, 0.1) is 6.61 Å². The normalized spacial score (nSPS) is 6.15. The smallest absolute Gasteiger partial charge is 0.550 e. The molecule has 0 spiro atoms. The Morgan fingerprint density at radius 1 is 1.23 bits per heavy atom. The van der Waals surface area contributed by atoms with Crippen LogP contribution < -0.4 is 15.9 Å². The van der Waals surface area contributed by atoms with Gasteiger partial charge in [-0.2, -0.15) is 0 Å². The van der Waals surface area contributed by atoms with E-state index < -0.39 is 11.9 Å². The minimum atomic E-state index is -1.08. The van der Waals surface area contributed by atoms with E-state index in [2.05, 4.69) is 0 Å². The number of aliphatic hydroxyl groups excluding tert-OH is 1. The monoisotopic (exact) mass is 242 g/mol. The number of nitrogens with two attached hydrogens (primary N) is 1. The maximum Gasteiger partial charge on any atom is 2.00 e. The van der Waals surface area contributed by atoms with Crippen molar-refractivity contribution in [3.05, 3.63) is 0 Å². The van der Waals surface area contributed by atoms with E-state index in [9.17, 15) is 0 Å². The second-order valence-corrected chi connectivity index (χ2v) is 1.50. The van der Waals surface area contributed by atoms with Crippen molar-refractivity contribution in [3.8, 4) is 0 Å². The fourth-order valence-electron chi connectivity index (χ4n) is 0. The van der Waals surface area contributed by atoms with Crippen LogP contribution in [0, 0.1) is 0 Å². The molecule has 0 aliphatic carbocycles. The van der Waals surface area contributed by atoms with E-state index in [1.165, 1.54) is 0 Å². The zero-order valence-electron chi connectivity index (χ0n) is 7.37. The van der Waals surface area contributed by atoms with Crippen molar-refractivity contribution in [1.29, 1.82) is 0 Å². The molecule has 0 bridgehead atoms. The second-order valence-electron chi connectivity index (χ2n) is 1.50. The average Bonchev–Trinajstić information content (AvgIpc) is 1.85. The molecular weight excluding hydrogens is 230 g/mol. The number of hydrogen-bond donors (Lipinski definition) is 2. The summed E-state index contributed by atoms with van der Waals surface area (Å²) in [5.74, 6) is -2.17. The molecule has 3 N–H and O–H groups in total. The molecule has 0 aromatic rings. The molecular formula is C6H13CuNO5. The summed E-state index contributed by atoms with van der Waals surface area (Å²) in [6.45, 7) is 2.42. The van der Waals surface area contributed by atoms with Crippen molar-refractivity contribution in [2.24, 2.45) is 5.73 Å². The SMILES string of the molecule is CC(=O)[O-].CC(=O)[O-].NCCO.[Cu+2]. The van der Waals surface area contributed by atoms with Crippen LogP contribution in [0.25, 0.3) is 0 Å². The van der Waals surface area contributed by atoms with Gasteiger partial charge >= 0.3 is 17.1 Å². The summed E-state index contributed by atoms with van der Waals surface area (Å²) in [4.78, 5) is 17.8. The minimum Gasteiger partial charge on any atom is -0.550 e. The fourth-order valence-corrected chi connectivity index (χ4v) is 0. The van der Waals surface area contributed by atoms with Gasteiger partial charge in [0.15, 0.2) is 0 Å². The summed E-state index contributed by atoms with van der Waals surface area (Å²) in [6.07, 6.45) is 0. The molecule has 1 radical (unpaired) electrons. The molecule has 13 heavy (non-hydrogen) atoms. The quantitative estimate of drug-likeness (QED) is 0.459. The molecule has 0 aliphatic rings. The average molecular weight is 243 g/mol. The van der Waals surface area contributed by atoms with Gasteiger partial charge in [0, 0.05) is 18.5 Å². The molecule has 0 unspecified atom stereocenters. The van der Waals surface area contributed by atoms with E-state index in [0.717, 1.165) is 13.8 Å². The number of carboxylic acid groups (broad SMARTS) is 2. The number of aliphatic carboxylic acids is 2. The van der Waals surface area contributed by atoms with Crippen LogP contribution in [0.15, 0.2) is 0 Å². The van der Waals surface area contributed by atoms with Crippen molar-refractivity contribution >= 4 is 11.9 Å². The van der Waals surface area contributed by atoms with E-state index in [1.54, 1.807) is 0 Å². The maximum absolute atomic E-state index is 8.89. The first-order valence-corrected chi connectivity index (χ1v) is 3.04. The Bertz CT molecular complexity index is 97.6. The second kappa shape index (κ2) is 22.5. The van der Waals surface area contributed by atoms with Gasteiger partial charge < -0.3 is 30.6 Å².